The Hall–Kier alpha value is 0.619. The van der Waals surface area contributed by atoms with Gasteiger partial charge in [0.25, 0.3) is 0 Å². The Balaban J connectivity index is -0.000000151. The first kappa shape index (κ1) is 32.3. The molecule has 0 aliphatic rings. The number of hydrogen-bond acceptors (Lipinski definition) is 12. The van der Waals surface area contributed by atoms with Gasteiger partial charge in [0.05, 0.1) is 0 Å². The third-order valence-corrected chi connectivity index (χ3v) is 1.82. The molecule has 0 heterocycles. The van der Waals surface area contributed by atoms with Gasteiger partial charge in [-0.15, -0.1) is 20.5 Å². The van der Waals surface area contributed by atoms with Gasteiger partial charge in [-0.3, -0.25) is 0 Å². The van der Waals surface area contributed by atoms with Crippen LogP contribution in [0.25, 0.3) is 0 Å². The van der Waals surface area contributed by atoms with Crippen LogP contribution in [0.5, 0.6) is 0 Å². The van der Waals surface area contributed by atoms with Crippen molar-refractivity contribution in [3.8, 4) is 0 Å². The molecule has 0 amide bonds. The second-order valence-electron chi connectivity index (χ2n) is 3.89. The van der Waals surface area contributed by atoms with Crippen LogP contribution >= 0.6 is 0 Å². The maximum atomic E-state index is 8.49. The van der Waals surface area contributed by atoms with E-state index >= 15 is 0 Å². The molecule has 0 aliphatic carbocycles. The van der Waals surface area contributed by atoms with E-state index in [0.717, 1.165) is 52.1 Å². The average molecular weight is 451 g/mol. The molecule has 0 unspecified atom stereocenters. The Bertz CT molecular complexity index is 203. The molecule has 12 nitrogen and oxygen atoms in total. The van der Waals surface area contributed by atoms with E-state index in [0.29, 0.717) is 0 Å². The summed E-state index contributed by atoms with van der Waals surface area (Å²) in [7, 11) is -9.89. The van der Waals surface area contributed by atoms with E-state index in [-0.39, 0.29) is 17.1 Å². The molecule has 24 heavy (non-hydrogen) atoms. The van der Waals surface area contributed by atoms with Crippen molar-refractivity contribution in [2.24, 2.45) is 11.5 Å². The smallest absolute Gasteiger partial charge is 0.330 e. The van der Waals surface area contributed by atoms with Gasteiger partial charge in [-0.25, -0.2) is 37.3 Å². The maximum absolute atomic E-state index is 8.49. The summed E-state index contributed by atoms with van der Waals surface area (Å²) in [5.41, 5.74) is 10.7. The summed E-state index contributed by atoms with van der Waals surface area (Å²) in [5.74, 6) is 0. The summed E-state index contributed by atoms with van der Waals surface area (Å²) in [6.45, 7) is 5.80. The Morgan fingerprint density at radius 3 is 0.958 bits per heavy atom. The molecule has 0 spiro atoms. The molecule has 0 aliphatic heterocycles. The Morgan fingerprint density at radius 2 is 0.750 bits per heavy atom. The van der Waals surface area contributed by atoms with Crippen molar-refractivity contribution < 1.29 is 74.8 Å². The predicted molar refractivity (Wildman–Crippen MR) is 57.7 cm³/mol. The third kappa shape index (κ3) is 93.7. The normalized spacial score (nSPS) is 10.8. The van der Waals surface area contributed by atoms with Crippen LogP contribution in [0.1, 0.15) is 19.3 Å². The predicted octanol–water partition coefficient (Wildman–Crippen LogP) is -10.3. The quantitative estimate of drug-likeness (QED) is 0.178. The van der Waals surface area contributed by atoms with E-state index in [4.69, 9.17) is 48.7 Å². The van der Waals surface area contributed by atoms with Gasteiger partial charge < -0.3 is 22.1 Å². The van der Waals surface area contributed by atoms with Gasteiger partial charge >= 0.3 is 17.1 Å². The van der Waals surface area contributed by atoms with Crippen LogP contribution in [0.3, 0.4) is 0 Å². The van der Waals surface area contributed by atoms with Gasteiger partial charge in [0.2, 0.25) is 0 Å². The molecule has 15 heteroatoms. The SMILES string of the molecule is NCCCNCCCNCCCN.[Cu+2].[O-][Cl+3]([O-])([O-])[O-].[O-][Cl+3]([O-])([O-])[O-]. The fourth-order valence-corrected chi connectivity index (χ4v) is 1.04. The van der Waals surface area contributed by atoms with E-state index in [1.165, 1.54) is 6.42 Å². The van der Waals surface area contributed by atoms with E-state index in [1.807, 2.05) is 0 Å². The number of nitrogens with one attached hydrogen (secondary N) is 2. The Kier molecular flexibility index (Phi) is 29.2. The molecule has 6 N–H and O–H groups in total. The van der Waals surface area contributed by atoms with Crippen molar-refractivity contribution >= 4 is 0 Å². The topological polar surface area (TPSA) is 261 Å². The zero-order chi connectivity index (χ0) is 18.8. The van der Waals surface area contributed by atoms with Crippen LogP contribution in [-0.4, -0.2) is 39.3 Å². The van der Waals surface area contributed by atoms with Gasteiger partial charge in [-0.05, 0) is 58.5 Å². The van der Waals surface area contributed by atoms with Crippen LogP contribution < -0.4 is 59.4 Å². The number of nitrogens with two attached hydrogens (primary N) is 2. The molecule has 0 saturated heterocycles. The van der Waals surface area contributed by atoms with Crippen LogP contribution in [-0.2, 0) is 17.1 Å². The van der Waals surface area contributed by atoms with Gasteiger partial charge in [-0.1, -0.05) is 0 Å². The van der Waals surface area contributed by atoms with Crippen molar-refractivity contribution in [1.82, 2.24) is 10.6 Å². The van der Waals surface area contributed by atoms with E-state index in [1.54, 1.807) is 0 Å². The van der Waals surface area contributed by atoms with Crippen LogP contribution in [0.2, 0.25) is 0 Å². The molecule has 0 bridgehead atoms. The third-order valence-electron chi connectivity index (χ3n) is 1.82. The second kappa shape index (κ2) is 21.7. The minimum absolute atomic E-state index is 0. The largest absolute Gasteiger partial charge is 2.00 e. The minimum Gasteiger partial charge on any atom is -0.330 e. The van der Waals surface area contributed by atoms with E-state index < -0.39 is 20.5 Å². The molecule has 0 aromatic rings. The summed E-state index contributed by atoms with van der Waals surface area (Å²) in [5, 5.41) is 6.67. The summed E-state index contributed by atoms with van der Waals surface area (Å²) >= 11 is 0. The molecule has 1 radical (unpaired) electrons. The van der Waals surface area contributed by atoms with Crippen LogP contribution in [0, 0.1) is 20.5 Å². The zero-order valence-electron chi connectivity index (χ0n) is 12.8. The summed E-state index contributed by atoms with van der Waals surface area (Å²) in [6.07, 6.45) is 3.32. The zero-order valence-corrected chi connectivity index (χ0v) is 15.3. The molecule has 0 aromatic carbocycles. The molecule has 0 rings (SSSR count). The minimum atomic E-state index is -4.94. The molecule has 0 atom stereocenters. The summed E-state index contributed by atoms with van der Waals surface area (Å²) in [6, 6.07) is 0. The Labute approximate surface area is 155 Å². The molecule has 0 aromatic heterocycles. The number of hydrogen-bond donors (Lipinski definition) is 4. The van der Waals surface area contributed by atoms with Gasteiger partial charge in [0, 0.05) is 0 Å². The van der Waals surface area contributed by atoms with Gasteiger partial charge in [0.15, 0.2) is 0 Å². The standard InChI is InChI=1S/C9H24N4.2ClHO4.Cu/c10-4-1-6-12-8-3-9-13-7-2-5-11;2*2-1(3,4)5;/h12-13H,1-11H2;2*(H,2,3,4,5);/q;;;+2/p-2. The van der Waals surface area contributed by atoms with Crippen LogP contribution in [0.4, 0.5) is 0 Å². The fraction of sp³-hybridized carbons (Fsp3) is 1.00. The summed E-state index contributed by atoms with van der Waals surface area (Å²) in [4.78, 5) is 0. The summed E-state index contributed by atoms with van der Waals surface area (Å²) < 4.78 is 67.9. The Morgan fingerprint density at radius 1 is 0.542 bits per heavy atom. The number of rotatable bonds is 10. The molecule has 153 valence electrons. The first-order valence-corrected chi connectivity index (χ1v) is 8.93. The first-order chi connectivity index (χ1) is 10.4. The number of halogens is 2. The van der Waals surface area contributed by atoms with Crippen molar-refractivity contribution in [2.75, 3.05) is 39.3 Å². The average Bonchev–Trinajstić information content (AvgIpc) is 2.33. The fourth-order valence-electron chi connectivity index (χ4n) is 1.04. The first-order valence-electron chi connectivity index (χ1n) is 6.47. The van der Waals surface area contributed by atoms with E-state index in [9.17, 15) is 0 Å². The van der Waals surface area contributed by atoms with Crippen molar-refractivity contribution in [3.05, 3.63) is 0 Å². The van der Waals surface area contributed by atoms with Crippen molar-refractivity contribution in [3.63, 3.8) is 0 Å². The monoisotopic (exact) mass is 449 g/mol. The molecule has 0 fully saturated rings. The second-order valence-corrected chi connectivity index (χ2v) is 5.41. The molecule has 0 saturated carbocycles. The van der Waals surface area contributed by atoms with Gasteiger partial charge in [0.1, 0.15) is 0 Å². The van der Waals surface area contributed by atoms with Gasteiger partial charge in [-0.2, -0.15) is 0 Å². The molecular formula is C9H24Cl2CuN4O8. The van der Waals surface area contributed by atoms with Crippen LogP contribution in [0.15, 0.2) is 0 Å². The van der Waals surface area contributed by atoms with Crippen molar-refractivity contribution in [1.29, 1.82) is 0 Å². The van der Waals surface area contributed by atoms with Crippen molar-refractivity contribution in [2.45, 2.75) is 19.3 Å². The van der Waals surface area contributed by atoms with E-state index in [2.05, 4.69) is 10.6 Å². The molecular weight excluding hydrogens is 427 g/mol. The maximum Gasteiger partial charge on any atom is 2.00 e.